The van der Waals surface area contributed by atoms with Crippen molar-refractivity contribution in [1.82, 2.24) is 4.90 Å². The van der Waals surface area contributed by atoms with Gasteiger partial charge in [-0.05, 0) is 30.0 Å². The number of rotatable bonds is 6. The van der Waals surface area contributed by atoms with Gasteiger partial charge in [-0.1, -0.05) is 12.1 Å². The zero-order valence-electron chi connectivity index (χ0n) is 13.7. The number of imide groups is 1. The van der Waals surface area contributed by atoms with Gasteiger partial charge in [-0.3, -0.25) is 24.6 Å². The van der Waals surface area contributed by atoms with Crippen LogP contribution in [-0.2, 0) is 9.53 Å². The highest BCUT2D eigenvalue weighted by Crippen LogP contribution is 2.34. The molecule has 0 aliphatic carbocycles. The lowest BCUT2D eigenvalue weighted by atomic mass is 10.1. The van der Waals surface area contributed by atoms with Crippen LogP contribution in [0.2, 0.25) is 0 Å². The molecule has 9 heteroatoms. The minimum Gasteiger partial charge on any atom is -0.456 e. The predicted octanol–water partition coefficient (Wildman–Crippen LogP) is 3.54. The van der Waals surface area contributed by atoms with E-state index in [1.165, 1.54) is 19.3 Å². The molecule has 0 radical (unpaired) electrons. The van der Waals surface area contributed by atoms with Gasteiger partial charge in [-0.2, -0.15) is 0 Å². The standard InChI is InChI=1S/C17H14N2O6S/c1-24-9-8-18-16(20)15(26-17(18)21)10-11-6-7-14(25-11)12-4-2-3-5-13(12)19(22)23/h2-7,10H,8-9H2,1H3/b15-10-. The molecule has 0 N–H and O–H groups in total. The van der Waals surface area contributed by atoms with E-state index in [1.54, 1.807) is 30.3 Å². The summed E-state index contributed by atoms with van der Waals surface area (Å²) in [5.41, 5.74) is 0.263. The fourth-order valence-electron chi connectivity index (χ4n) is 2.42. The van der Waals surface area contributed by atoms with Gasteiger partial charge in [-0.15, -0.1) is 0 Å². The Hall–Kier alpha value is -2.91. The van der Waals surface area contributed by atoms with Crippen molar-refractivity contribution in [3.05, 3.63) is 57.2 Å². The second-order valence-electron chi connectivity index (χ2n) is 5.30. The van der Waals surface area contributed by atoms with E-state index in [1.807, 2.05) is 0 Å². The van der Waals surface area contributed by atoms with Crippen molar-refractivity contribution in [3.8, 4) is 11.3 Å². The zero-order chi connectivity index (χ0) is 18.7. The van der Waals surface area contributed by atoms with Gasteiger partial charge in [0.1, 0.15) is 11.5 Å². The Labute approximate surface area is 152 Å². The molecule has 0 unspecified atom stereocenters. The highest BCUT2D eigenvalue weighted by molar-refractivity contribution is 8.18. The predicted molar refractivity (Wildman–Crippen MR) is 95.4 cm³/mol. The number of nitrogens with zero attached hydrogens (tertiary/aromatic N) is 2. The lowest BCUT2D eigenvalue weighted by Gasteiger charge is -2.10. The first-order valence-electron chi connectivity index (χ1n) is 7.59. The number of thioether (sulfide) groups is 1. The molecular formula is C17H14N2O6S. The number of furan rings is 1. The normalized spacial score (nSPS) is 15.9. The van der Waals surface area contributed by atoms with Crippen molar-refractivity contribution in [2.24, 2.45) is 0 Å². The average Bonchev–Trinajstić information content (AvgIpc) is 3.19. The van der Waals surface area contributed by atoms with Crippen LogP contribution in [0.1, 0.15) is 5.76 Å². The molecule has 2 amide bonds. The number of nitro benzene ring substituents is 1. The van der Waals surface area contributed by atoms with Crippen LogP contribution in [0.25, 0.3) is 17.4 Å². The van der Waals surface area contributed by atoms with E-state index in [4.69, 9.17) is 9.15 Å². The molecule has 2 heterocycles. The Balaban J connectivity index is 1.85. The Bertz CT molecular complexity index is 904. The number of ether oxygens (including phenoxy) is 1. The summed E-state index contributed by atoms with van der Waals surface area (Å²) in [6.07, 6.45) is 1.45. The molecule has 1 fully saturated rings. The second-order valence-corrected chi connectivity index (χ2v) is 6.30. The summed E-state index contributed by atoms with van der Waals surface area (Å²) >= 11 is 0.815. The number of amides is 2. The molecule has 1 aromatic carbocycles. The van der Waals surface area contributed by atoms with Gasteiger partial charge in [-0.25, -0.2) is 0 Å². The van der Waals surface area contributed by atoms with Crippen LogP contribution in [0.15, 0.2) is 45.7 Å². The largest absolute Gasteiger partial charge is 0.456 e. The first-order chi connectivity index (χ1) is 12.5. The molecule has 1 saturated heterocycles. The van der Waals surface area contributed by atoms with Crippen LogP contribution in [0.5, 0.6) is 0 Å². The molecule has 134 valence electrons. The van der Waals surface area contributed by atoms with E-state index < -0.39 is 10.8 Å². The molecule has 26 heavy (non-hydrogen) atoms. The number of nitro groups is 1. The number of hydrogen-bond acceptors (Lipinski definition) is 7. The molecule has 1 aromatic heterocycles. The molecular weight excluding hydrogens is 360 g/mol. The van der Waals surface area contributed by atoms with Gasteiger partial charge in [0.05, 0.1) is 28.5 Å². The van der Waals surface area contributed by atoms with Crippen molar-refractivity contribution in [2.75, 3.05) is 20.3 Å². The van der Waals surface area contributed by atoms with E-state index >= 15 is 0 Å². The topological polar surface area (TPSA) is 103 Å². The Morgan fingerprint density at radius 2 is 2.04 bits per heavy atom. The number of carbonyl (C=O) groups excluding carboxylic acids is 2. The quantitative estimate of drug-likeness (QED) is 0.433. The minimum atomic E-state index is -0.487. The molecule has 0 spiro atoms. The molecule has 2 aromatic rings. The lowest BCUT2D eigenvalue weighted by molar-refractivity contribution is -0.384. The van der Waals surface area contributed by atoms with Gasteiger partial charge < -0.3 is 9.15 Å². The molecule has 0 bridgehead atoms. The van der Waals surface area contributed by atoms with Crippen molar-refractivity contribution < 1.29 is 23.7 Å². The van der Waals surface area contributed by atoms with Gasteiger partial charge in [0.25, 0.3) is 16.8 Å². The summed E-state index contributed by atoms with van der Waals surface area (Å²) in [5.74, 6) is 0.221. The third kappa shape index (κ3) is 3.53. The van der Waals surface area contributed by atoms with Crippen molar-refractivity contribution in [3.63, 3.8) is 0 Å². The number of para-hydroxylation sites is 1. The first-order valence-corrected chi connectivity index (χ1v) is 8.41. The summed E-state index contributed by atoms with van der Waals surface area (Å²) in [6.45, 7) is 0.437. The minimum absolute atomic E-state index is 0.0757. The Morgan fingerprint density at radius 3 is 2.77 bits per heavy atom. The summed E-state index contributed by atoms with van der Waals surface area (Å²) in [7, 11) is 1.49. The highest BCUT2D eigenvalue weighted by Gasteiger charge is 2.34. The van der Waals surface area contributed by atoms with E-state index in [9.17, 15) is 19.7 Å². The molecule has 1 aliphatic rings. The van der Waals surface area contributed by atoms with E-state index in [2.05, 4.69) is 0 Å². The van der Waals surface area contributed by atoms with Crippen LogP contribution in [0.4, 0.5) is 10.5 Å². The zero-order valence-corrected chi connectivity index (χ0v) is 14.5. The maximum atomic E-state index is 12.3. The molecule has 3 rings (SSSR count). The first kappa shape index (κ1) is 17.9. The fraction of sp³-hybridized carbons (Fsp3) is 0.176. The van der Waals surface area contributed by atoms with Crippen molar-refractivity contribution in [1.29, 1.82) is 0 Å². The summed E-state index contributed by atoms with van der Waals surface area (Å²) < 4.78 is 10.5. The van der Waals surface area contributed by atoms with Crippen LogP contribution >= 0.6 is 11.8 Å². The van der Waals surface area contributed by atoms with Crippen LogP contribution in [0.3, 0.4) is 0 Å². The second kappa shape index (κ2) is 7.54. The van der Waals surface area contributed by atoms with E-state index in [0.29, 0.717) is 17.1 Å². The number of methoxy groups -OCH3 is 1. The van der Waals surface area contributed by atoms with Gasteiger partial charge >= 0.3 is 0 Å². The van der Waals surface area contributed by atoms with Crippen LogP contribution in [0, 0.1) is 10.1 Å². The van der Waals surface area contributed by atoms with Crippen LogP contribution < -0.4 is 0 Å². The Kier molecular flexibility index (Phi) is 5.19. The number of hydrogen-bond donors (Lipinski definition) is 0. The molecule has 1 aliphatic heterocycles. The highest BCUT2D eigenvalue weighted by atomic mass is 32.2. The third-order valence-corrected chi connectivity index (χ3v) is 4.57. The van der Waals surface area contributed by atoms with Crippen molar-refractivity contribution >= 4 is 34.7 Å². The van der Waals surface area contributed by atoms with Crippen LogP contribution in [-0.4, -0.2) is 41.2 Å². The maximum absolute atomic E-state index is 12.3. The van der Waals surface area contributed by atoms with Gasteiger partial charge in [0.15, 0.2) is 0 Å². The molecule has 0 saturated carbocycles. The number of carbonyl (C=O) groups is 2. The number of benzene rings is 1. The SMILES string of the molecule is COCCN1C(=O)S/C(=C\c2ccc(-c3ccccc3[N+](=O)[O-])o2)C1=O. The summed E-state index contributed by atoms with van der Waals surface area (Å²) in [4.78, 5) is 36.2. The van der Waals surface area contributed by atoms with Gasteiger partial charge in [0, 0.05) is 19.3 Å². The van der Waals surface area contributed by atoms with E-state index in [-0.39, 0.29) is 29.0 Å². The molecule has 8 nitrogen and oxygen atoms in total. The molecule has 0 atom stereocenters. The van der Waals surface area contributed by atoms with Crippen molar-refractivity contribution in [2.45, 2.75) is 0 Å². The summed E-state index contributed by atoms with van der Waals surface area (Å²) in [6, 6.07) is 9.39. The maximum Gasteiger partial charge on any atom is 0.293 e. The van der Waals surface area contributed by atoms with Gasteiger partial charge in [0.2, 0.25) is 0 Å². The fourth-order valence-corrected chi connectivity index (χ4v) is 3.27. The van der Waals surface area contributed by atoms with E-state index in [0.717, 1.165) is 16.7 Å². The average molecular weight is 374 g/mol. The monoisotopic (exact) mass is 374 g/mol. The third-order valence-electron chi connectivity index (χ3n) is 3.66. The smallest absolute Gasteiger partial charge is 0.293 e. The summed E-state index contributed by atoms with van der Waals surface area (Å²) in [5, 5.41) is 10.8. The Morgan fingerprint density at radius 1 is 1.27 bits per heavy atom. The lowest BCUT2D eigenvalue weighted by Crippen LogP contribution is -2.31.